The van der Waals surface area contributed by atoms with Crippen LogP contribution in [0.15, 0.2) is 77.7 Å². The van der Waals surface area contributed by atoms with Crippen molar-refractivity contribution in [1.82, 2.24) is 0 Å². The molecule has 0 fully saturated rings. The predicted molar refractivity (Wildman–Crippen MR) is 136 cm³/mol. The van der Waals surface area contributed by atoms with Crippen LogP contribution < -0.4 is 20.7 Å². The van der Waals surface area contributed by atoms with E-state index in [0.717, 1.165) is 0 Å². The highest BCUT2D eigenvalue weighted by molar-refractivity contribution is 7.92. The number of rotatable bonds is 7. The summed E-state index contributed by atoms with van der Waals surface area (Å²) in [7, 11) is -2.23. The van der Waals surface area contributed by atoms with Gasteiger partial charge in [0.1, 0.15) is 0 Å². The Morgan fingerprint density at radius 3 is 2.06 bits per heavy atom. The average molecular weight is 481 g/mol. The molecule has 178 valence electrons. The summed E-state index contributed by atoms with van der Waals surface area (Å²) in [6.07, 6.45) is 0. The molecule has 3 aromatic carbocycles. The highest BCUT2D eigenvalue weighted by Crippen LogP contribution is 2.24. The fraction of sp³-hybridized carbons (Fsp3) is 0.200. The van der Waals surface area contributed by atoms with Crippen LogP contribution in [0.5, 0.6) is 0 Å². The maximum Gasteiger partial charge on any atom is 0.261 e. The number of carbonyl (C=O) groups excluding carboxylic acids is 2. The van der Waals surface area contributed by atoms with E-state index in [9.17, 15) is 18.0 Å². The molecule has 0 unspecified atom stereocenters. The molecule has 0 heterocycles. The summed E-state index contributed by atoms with van der Waals surface area (Å²) in [5.74, 6) is -0.550. The highest BCUT2D eigenvalue weighted by Gasteiger charge is 2.21. The first-order valence-corrected chi connectivity index (χ1v) is 12.1. The largest absolute Gasteiger partial charge is 0.387 e. The topological polar surface area (TPSA) is 116 Å². The minimum atomic E-state index is -3.95. The van der Waals surface area contributed by atoms with Crippen LogP contribution in [0, 0.1) is 5.41 Å². The molecule has 0 radical (unpaired) electrons. The van der Waals surface area contributed by atoms with E-state index in [1.165, 1.54) is 12.1 Å². The zero-order chi connectivity index (χ0) is 24.9. The number of hydrogen-bond donors (Lipinski definition) is 4. The lowest BCUT2D eigenvalue weighted by Crippen LogP contribution is -2.27. The Bertz CT molecular complexity index is 1310. The molecule has 0 aliphatic carbocycles. The number of nitrogens with one attached hydrogen (secondary N) is 4. The van der Waals surface area contributed by atoms with E-state index in [4.69, 9.17) is 0 Å². The van der Waals surface area contributed by atoms with Crippen LogP contribution in [0.4, 0.5) is 22.7 Å². The van der Waals surface area contributed by atoms with Crippen molar-refractivity contribution in [2.75, 3.05) is 27.7 Å². The van der Waals surface area contributed by atoms with E-state index in [0.29, 0.717) is 28.3 Å². The Morgan fingerprint density at radius 2 is 1.38 bits per heavy atom. The third-order valence-electron chi connectivity index (χ3n) is 4.90. The SMILES string of the molecule is CNc1ccccc1C(=O)Nc1cccc(S(=O)(=O)Nc2cccc(NC(=O)C(C)(C)C)c2)c1. The molecule has 8 nitrogen and oxygen atoms in total. The lowest BCUT2D eigenvalue weighted by atomic mass is 9.95. The molecule has 0 atom stereocenters. The normalized spacial score (nSPS) is 11.4. The molecule has 4 N–H and O–H groups in total. The van der Waals surface area contributed by atoms with E-state index in [2.05, 4.69) is 20.7 Å². The van der Waals surface area contributed by atoms with Gasteiger partial charge in [0.25, 0.3) is 15.9 Å². The molecule has 0 spiro atoms. The molecule has 0 saturated heterocycles. The van der Waals surface area contributed by atoms with Gasteiger partial charge in [-0.1, -0.05) is 45.0 Å². The number of para-hydroxylation sites is 1. The first kappa shape index (κ1) is 24.8. The van der Waals surface area contributed by atoms with Gasteiger partial charge in [-0.3, -0.25) is 14.3 Å². The summed E-state index contributed by atoms with van der Waals surface area (Å²) in [6, 6.07) is 19.4. The molecule has 3 rings (SSSR count). The van der Waals surface area contributed by atoms with Crippen molar-refractivity contribution in [2.45, 2.75) is 25.7 Å². The number of anilines is 4. The molecule has 0 saturated carbocycles. The minimum absolute atomic E-state index is 0.0173. The van der Waals surface area contributed by atoms with Crippen LogP contribution in [0.3, 0.4) is 0 Å². The second-order valence-corrected chi connectivity index (χ2v) is 10.4. The van der Waals surface area contributed by atoms with Gasteiger partial charge in [0.2, 0.25) is 5.91 Å². The standard InChI is InChI=1S/C25H28N4O4S/c1-25(2,3)24(31)28-17-9-7-11-19(15-17)29-34(32,33)20-12-8-10-18(16-20)27-23(30)21-13-5-6-14-22(21)26-4/h5-16,26,29H,1-4H3,(H,27,30)(H,28,31). The zero-order valence-electron chi connectivity index (χ0n) is 19.5. The average Bonchev–Trinajstić information content (AvgIpc) is 2.78. The van der Waals surface area contributed by atoms with Crippen molar-refractivity contribution in [3.8, 4) is 0 Å². The van der Waals surface area contributed by atoms with Gasteiger partial charge >= 0.3 is 0 Å². The summed E-state index contributed by atoms with van der Waals surface area (Å²) < 4.78 is 28.5. The quantitative estimate of drug-likeness (QED) is 0.389. The smallest absolute Gasteiger partial charge is 0.261 e. The van der Waals surface area contributed by atoms with Gasteiger partial charge in [-0.15, -0.1) is 0 Å². The summed E-state index contributed by atoms with van der Waals surface area (Å²) in [5, 5.41) is 8.47. The third kappa shape index (κ3) is 6.14. The van der Waals surface area contributed by atoms with Gasteiger partial charge in [0.15, 0.2) is 0 Å². The van der Waals surface area contributed by atoms with E-state index in [-0.39, 0.29) is 16.7 Å². The maximum atomic E-state index is 13.0. The summed E-state index contributed by atoms with van der Waals surface area (Å²) in [4.78, 5) is 24.9. The summed E-state index contributed by atoms with van der Waals surface area (Å²) >= 11 is 0. The fourth-order valence-corrected chi connectivity index (χ4v) is 4.13. The van der Waals surface area contributed by atoms with Gasteiger partial charge in [-0.25, -0.2) is 8.42 Å². The molecule has 0 aromatic heterocycles. The van der Waals surface area contributed by atoms with Crippen LogP contribution in [0.25, 0.3) is 0 Å². The second-order valence-electron chi connectivity index (χ2n) is 8.67. The van der Waals surface area contributed by atoms with E-state index in [1.54, 1.807) is 82.4 Å². The van der Waals surface area contributed by atoms with Crippen molar-refractivity contribution in [3.05, 3.63) is 78.4 Å². The van der Waals surface area contributed by atoms with Crippen LogP contribution in [0.1, 0.15) is 31.1 Å². The third-order valence-corrected chi connectivity index (χ3v) is 6.28. The lowest BCUT2D eigenvalue weighted by molar-refractivity contribution is -0.123. The predicted octanol–water partition coefficient (Wildman–Crippen LogP) is 4.77. The lowest BCUT2D eigenvalue weighted by Gasteiger charge is -2.18. The van der Waals surface area contributed by atoms with Crippen molar-refractivity contribution in [3.63, 3.8) is 0 Å². The number of benzene rings is 3. The molecular weight excluding hydrogens is 452 g/mol. The molecule has 34 heavy (non-hydrogen) atoms. The van der Waals surface area contributed by atoms with Crippen molar-refractivity contribution in [1.29, 1.82) is 0 Å². The maximum absolute atomic E-state index is 13.0. The Kier molecular flexibility index (Phi) is 7.26. The Hall–Kier alpha value is -3.85. The molecule has 2 amide bonds. The highest BCUT2D eigenvalue weighted by atomic mass is 32.2. The van der Waals surface area contributed by atoms with Gasteiger partial charge in [-0.05, 0) is 48.5 Å². The van der Waals surface area contributed by atoms with Gasteiger partial charge in [0, 0.05) is 29.5 Å². The van der Waals surface area contributed by atoms with Gasteiger partial charge < -0.3 is 16.0 Å². The van der Waals surface area contributed by atoms with Crippen LogP contribution in [-0.4, -0.2) is 27.3 Å². The zero-order valence-corrected chi connectivity index (χ0v) is 20.3. The first-order valence-electron chi connectivity index (χ1n) is 10.6. The number of sulfonamides is 1. The first-order chi connectivity index (χ1) is 16.0. The van der Waals surface area contributed by atoms with Gasteiger partial charge in [0.05, 0.1) is 16.1 Å². The molecule has 9 heteroatoms. The summed E-state index contributed by atoms with van der Waals surface area (Å²) in [6.45, 7) is 5.37. The van der Waals surface area contributed by atoms with Crippen molar-refractivity contribution in [2.24, 2.45) is 5.41 Å². The van der Waals surface area contributed by atoms with Gasteiger partial charge in [-0.2, -0.15) is 0 Å². The van der Waals surface area contributed by atoms with Crippen LogP contribution in [0.2, 0.25) is 0 Å². The Balaban J connectivity index is 1.78. The fourth-order valence-electron chi connectivity index (χ4n) is 3.03. The molecule has 0 aliphatic heterocycles. The monoisotopic (exact) mass is 480 g/mol. The number of hydrogen-bond acceptors (Lipinski definition) is 5. The van der Waals surface area contributed by atoms with E-state index in [1.807, 2.05) is 6.07 Å². The molecule has 0 bridgehead atoms. The Labute approximate surface area is 199 Å². The van der Waals surface area contributed by atoms with Crippen molar-refractivity contribution < 1.29 is 18.0 Å². The van der Waals surface area contributed by atoms with E-state index >= 15 is 0 Å². The van der Waals surface area contributed by atoms with Crippen LogP contribution >= 0.6 is 0 Å². The van der Waals surface area contributed by atoms with Crippen LogP contribution in [-0.2, 0) is 14.8 Å². The molecule has 0 aliphatic rings. The number of amides is 2. The van der Waals surface area contributed by atoms with Crippen molar-refractivity contribution >= 4 is 44.6 Å². The summed E-state index contributed by atoms with van der Waals surface area (Å²) in [5.41, 5.74) is 1.61. The van der Waals surface area contributed by atoms with E-state index < -0.39 is 15.4 Å². The number of carbonyl (C=O) groups is 2. The minimum Gasteiger partial charge on any atom is -0.387 e. The molecular formula is C25H28N4O4S. The molecule has 3 aromatic rings. The Morgan fingerprint density at radius 1 is 0.765 bits per heavy atom. The second kappa shape index (κ2) is 9.96.